The Labute approximate surface area is 539 Å². The molecule has 88 heavy (non-hydrogen) atoms. The summed E-state index contributed by atoms with van der Waals surface area (Å²) >= 11 is 5.01. The highest BCUT2D eigenvalue weighted by Crippen LogP contribution is 2.27. The number of rotatable bonds is 14. The van der Waals surface area contributed by atoms with E-state index in [0.29, 0.717) is 36.8 Å². The summed E-state index contributed by atoms with van der Waals surface area (Å²) in [6, 6.07) is 19.3. The molecule has 0 aliphatic heterocycles. The van der Waals surface area contributed by atoms with E-state index in [1.165, 1.54) is 4.88 Å². The van der Waals surface area contributed by atoms with Crippen LogP contribution in [0, 0.1) is 11.8 Å². The van der Waals surface area contributed by atoms with E-state index < -0.39 is 0 Å². The fourth-order valence-corrected chi connectivity index (χ4v) is 7.92. The van der Waals surface area contributed by atoms with Crippen molar-refractivity contribution in [2.24, 2.45) is 11.8 Å². The zero-order chi connectivity index (χ0) is 67.0. The molecule has 0 aliphatic rings. The Kier molecular flexibility index (Phi) is 47.7. The van der Waals surface area contributed by atoms with Gasteiger partial charge in [-0.3, -0.25) is 9.59 Å². The van der Waals surface area contributed by atoms with Crippen molar-refractivity contribution in [2.45, 2.75) is 203 Å². The zero-order valence-corrected chi connectivity index (χ0v) is 59.7. The number of thiophene rings is 3. The topological polar surface area (TPSA) is 202 Å². The minimum Gasteiger partial charge on any atom is -0.472 e. The molecule has 2 amide bonds. The molecule has 0 fully saturated rings. The number of nitrogens with one attached hydrogen (secondary N) is 2. The first-order valence-corrected chi connectivity index (χ1v) is 33.7. The third-order valence-corrected chi connectivity index (χ3v) is 12.8. The molecule has 0 radical (unpaired) electrons. The van der Waals surface area contributed by atoms with Crippen LogP contribution in [-0.4, -0.2) is 31.8 Å². The normalized spacial score (nSPS) is 9.70. The largest absolute Gasteiger partial charge is 0.472 e. The summed E-state index contributed by atoms with van der Waals surface area (Å²) in [7, 11) is 0. The van der Waals surface area contributed by atoms with Crippen molar-refractivity contribution in [1.82, 2.24) is 30.6 Å². The third kappa shape index (κ3) is 32.6. The van der Waals surface area contributed by atoms with Gasteiger partial charge in [0.15, 0.2) is 29.3 Å². The molecule has 0 saturated carbocycles. The Morgan fingerprint density at radius 2 is 0.864 bits per heavy atom. The van der Waals surface area contributed by atoms with E-state index in [1.807, 2.05) is 209 Å². The van der Waals surface area contributed by atoms with Gasteiger partial charge >= 0.3 is 0 Å². The van der Waals surface area contributed by atoms with Crippen LogP contribution in [0.4, 0.5) is 0 Å². The highest BCUT2D eigenvalue weighted by Gasteiger charge is 2.13. The predicted octanol–water partition coefficient (Wildman–Crippen LogP) is 22.9. The molecule has 10 heterocycles. The minimum absolute atomic E-state index is 0.0277. The van der Waals surface area contributed by atoms with Gasteiger partial charge in [0.1, 0.15) is 53.6 Å². The van der Waals surface area contributed by atoms with Crippen LogP contribution in [0.15, 0.2) is 163 Å². The summed E-state index contributed by atoms with van der Waals surface area (Å²) in [6.07, 6.45) is 13.2. The smallest absolute Gasteiger partial charge is 0.222 e. The molecule has 0 saturated heterocycles. The monoisotopic (exact) mass is 1270 g/mol. The maximum Gasteiger partial charge on any atom is 0.222 e. The van der Waals surface area contributed by atoms with Crippen LogP contribution in [-0.2, 0) is 22.7 Å². The lowest BCUT2D eigenvalue weighted by atomic mass is 10.2. The van der Waals surface area contributed by atoms with E-state index in [9.17, 15) is 9.59 Å². The molecule has 0 aromatic carbocycles. The second kappa shape index (κ2) is 50.7. The van der Waals surface area contributed by atoms with Crippen molar-refractivity contribution in [1.29, 1.82) is 0 Å². The van der Waals surface area contributed by atoms with Crippen LogP contribution in [0.5, 0.6) is 0 Å². The fourth-order valence-electron chi connectivity index (χ4n) is 5.95. The fraction of sp³-hybridized carbons (Fsp3) is 0.457. The lowest BCUT2D eigenvalue weighted by Gasteiger charge is -2.05. The summed E-state index contributed by atoms with van der Waals surface area (Å²) in [5, 5.41) is 13.8. The number of oxazole rings is 4. The lowest BCUT2D eigenvalue weighted by molar-refractivity contribution is -0.124. The number of furan rings is 3. The molecule has 0 atom stereocenters. The minimum atomic E-state index is 0.0277. The van der Waals surface area contributed by atoms with E-state index in [1.54, 1.807) is 90.2 Å². The first-order chi connectivity index (χ1) is 42.5. The number of amides is 2. The van der Waals surface area contributed by atoms with Crippen molar-refractivity contribution < 1.29 is 40.5 Å². The van der Waals surface area contributed by atoms with Crippen molar-refractivity contribution in [3.63, 3.8) is 0 Å². The number of hydrogen-bond donors (Lipinski definition) is 2. The van der Waals surface area contributed by atoms with Gasteiger partial charge in [-0.25, -0.2) is 19.9 Å². The van der Waals surface area contributed by atoms with Gasteiger partial charge < -0.3 is 41.6 Å². The molecular weight excluding hydrogens is 1170 g/mol. The Morgan fingerprint density at radius 1 is 0.420 bits per heavy atom. The molecule has 10 aromatic rings. The maximum absolute atomic E-state index is 11.1. The molecule has 10 aromatic heterocycles. The van der Waals surface area contributed by atoms with Crippen molar-refractivity contribution in [3.8, 4) is 44.5 Å². The van der Waals surface area contributed by atoms with Crippen LogP contribution < -0.4 is 10.6 Å². The summed E-state index contributed by atoms with van der Waals surface area (Å²) < 4.78 is 36.5. The van der Waals surface area contributed by atoms with E-state index in [2.05, 4.69) is 63.6 Å². The van der Waals surface area contributed by atoms with Crippen LogP contribution in [0.25, 0.3) is 44.5 Å². The zero-order valence-electron chi connectivity index (χ0n) is 57.3. The highest BCUT2D eigenvalue weighted by molar-refractivity contribution is 7.13. The van der Waals surface area contributed by atoms with Crippen LogP contribution >= 0.6 is 34.0 Å². The quantitative estimate of drug-likeness (QED) is 0.104. The number of hydrogen-bond acceptors (Lipinski definition) is 16. The molecule has 488 valence electrons. The number of carbonyl (C=O) groups excluding carboxylic acids is 2. The van der Waals surface area contributed by atoms with Gasteiger partial charge in [-0.1, -0.05) is 178 Å². The second-order valence-corrected chi connectivity index (χ2v) is 21.5. The van der Waals surface area contributed by atoms with Gasteiger partial charge in [-0.05, 0) is 64.7 Å². The Balaban J connectivity index is 0. The summed E-state index contributed by atoms with van der Waals surface area (Å²) in [6.45, 7) is 49.1. The summed E-state index contributed by atoms with van der Waals surface area (Å²) in [5.41, 5.74) is 5.56. The number of carbonyl (C=O) groups is 2. The van der Waals surface area contributed by atoms with E-state index >= 15 is 0 Å². The predicted molar refractivity (Wildman–Crippen MR) is 369 cm³/mol. The molecule has 0 aliphatic carbocycles. The molecular formula is C70H106N6O9S3. The van der Waals surface area contributed by atoms with Gasteiger partial charge in [-0.2, -0.15) is 11.3 Å². The van der Waals surface area contributed by atoms with Crippen LogP contribution in [0.3, 0.4) is 0 Å². The highest BCUT2D eigenvalue weighted by atomic mass is 32.1. The lowest BCUT2D eigenvalue weighted by Crippen LogP contribution is -2.26. The number of nitrogens with zero attached hydrogens (tertiary/aromatic N) is 4. The first-order valence-electron chi connectivity index (χ1n) is 31.0. The molecule has 0 spiro atoms. The van der Waals surface area contributed by atoms with Gasteiger partial charge in [0.2, 0.25) is 11.8 Å². The Bertz CT molecular complexity index is 2690. The third-order valence-electron chi connectivity index (χ3n) is 10.3. The maximum atomic E-state index is 11.1. The molecule has 18 heteroatoms. The average molecular weight is 1270 g/mol. The van der Waals surface area contributed by atoms with Crippen LogP contribution in [0.2, 0.25) is 0 Å². The van der Waals surface area contributed by atoms with Gasteiger partial charge in [0.25, 0.3) is 0 Å². The average Bonchev–Trinajstić information content (AvgIpc) is 4.60. The second-order valence-electron chi connectivity index (χ2n) is 18.8. The summed E-state index contributed by atoms with van der Waals surface area (Å²) in [4.78, 5) is 42.0. The van der Waals surface area contributed by atoms with E-state index in [0.717, 1.165) is 73.9 Å². The molecule has 15 nitrogen and oxygen atoms in total. The molecule has 0 unspecified atom stereocenters. The van der Waals surface area contributed by atoms with Crippen molar-refractivity contribution in [2.75, 3.05) is 0 Å². The van der Waals surface area contributed by atoms with Gasteiger partial charge in [-0.15, -0.1) is 22.7 Å². The van der Waals surface area contributed by atoms with E-state index in [4.69, 9.17) is 30.9 Å². The molecule has 10 rings (SSSR count). The van der Waals surface area contributed by atoms with Crippen molar-refractivity contribution in [3.05, 3.63) is 166 Å². The summed E-state index contributed by atoms with van der Waals surface area (Å²) in [5.74, 6) is 6.25. The Hall–Kier alpha value is -7.28. The van der Waals surface area contributed by atoms with Crippen LogP contribution in [0.1, 0.15) is 224 Å². The van der Waals surface area contributed by atoms with E-state index in [-0.39, 0.29) is 23.7 Å². The molecule has 0 bridgehead atoms. The molecule has 2 N–H and O–H groups in total. The Morgan fingerprint density at radius 3 is 1.25 bits per heavy atom. The first kappa shape index (κ1) is 82.8. The van der Waals surface area contributed by atoms with Gasteiger partial charge in [0.05, 0.1) is 43.0 Å². The number of aromatic nitrogens is 4. The van der Waals surface area contributed by atoms with Gasteiger partial charge in [0, 0.05) is 56.9 Å². The standard InChI is InChI=1S/2C10H11NO2.2C10H11NOS.C9H13NO2.C9H13NOS.6C2H6/c1-7(2)10-11-9(6-13-10)8-3-4-12-5-8;1-7(2)10-11-8(6-13-10)9-4-3-5-12-9;1-7(2)10-11-9(5-12-10)8-3-4-13-6-8;1-7(2)10-11-8(6-12-10)9-4-3-5-13-9;2*1-7(2)9(11)10-6-8-4-3-5-12-8;6*1-2/h4*3-7H,1-2H3;2*3-5,7H,6H2,1-2H3,(H,10,11);6*1-2H3. The SMILES string of the molecule is CC.CC.CC.CC.CC.CC.CC(C)C(=O)NCc1ccco1.CC(C)C(=O)NCc1cccs1.CC(C)c1nc(-c2ccco2)co1.CC(C)c1nc(-c2cccs2)co1.CC(C)c1nc(-c2ccoc2)co1.CC(C)c1nc(-c2ccsc2)co1. The van der Waals surface area contributed by atoms with Crippen molar-refractivity contribution >= 4 is 45.8 Å².